The monoisotopic (exact) mass is 367 g/mol. The zero-order valence-corrected chi connectivity index (χ0v) is 13.8. The average Bonchev–Trinajstić information content (AvgIpc) is 2.82. The molecule has 4 nitrogen and oxygen atoms in total. The summed E-state index contributed by atoms with van der Waals surface area (Å²) >= 11 is 0. The second-order valence-corrected chi connectivity index (χ2v) is 5.30. The van der Waals surface area contributed by atoms with E-state index in [-0.39, 0.29) is 24.0 Å². The summed E-state index contributed by atoms with van der Waals surface area (Å²) in [4.78, 5) is 4.63. The maximum Gasteiger partial charge on any atom is 0.191 e. The molecule has 0 bridgehead atoms. The molecule has 1 saturated heterocycles. The summed E-state index contributed by atoms with van der Waals surface area (Å²) in [6.45, 7) is 9.07. The molecule has 18 heavy (non-hydrogen) atoms. The fourth-order valence-electron chi connectivity index (χ4n) is 2.20. The second kappa shape index (κ2) is 8.19. The molecule has 2 N–H and O–H groups in total. The number of nitrogens with one attached hydrogen (secondary N) is 2. The van der Waals surface area contributed by atoms with Crippen LogP contribution in [0.4, 0.5) is 0 Å². The molecule has 0 radical (unpaired) electrons. The third-order valence-corrected chi connectivity index (χ3v) is 3.68. The van der Waals surface area contributed by atoms with Crippen LogP contribution < -0.4 is 10.6 Å². The van der Waals surface area contributed by atoms with Crippen molar-refractivity contribution in [2.75, 3.05) is 32.8 Å². The van der Waals surface area contributed by atoms with Crippen molar-refractivity contribution >= 4 is 29.9 Å². The first-order chi connectivity index (χ1) is 8.29. The van der Waals surface area contributed by atoms with Crippen molar-refractivity contribution in [2.24, 2.45) is 22.7 Å². The minimum absolute atomic E-state index is 0. The van der Waals surface area contributed by atoms with Crippen LogP contribution in [0.15, 0.2) is 4.99 Å². The van der Waals surface area contributed by atoms with Crippen LogP contribution in [0.2, 0.25) is 0 Å². The Kier molecular flexibility index (Phi) is 7.29. The van der Waals surface area contributed by atoms with Gasteiger partial charge in [-0.15, -0.1) is 24.0 Å². The molecule has 1 heterocycles. The van der Waals surface area contributed by atoms with Crippen LogP contribution in [-0.2, 0) is 4.74 Å². The summed E-state index contributed by atoms with van der Waals surface area (Å²) in [6, 6.07) is 0. The maximum atomic E-state index is 5.36. The third-order valence-electron chi connectivity index (χ3n) is 3.68. The molecule has 1 saturated carbocycles. The predicted molar refractivity (Wildman–Crippen MR) is 85.6 cm³/mol. The normalized spacial score (nSPS) is 30.8. The van der Waals surface area contributed by atoms with Crippen LogP contribution in [0.3, 0.4) is 0 Å². The number of hydrogen-bond acceptors (Lipinski definition) is 2. The highest BCUT2D eigenvalue weighted by atomic mass is 127. The number of hydrogen-bond donors (Lipinski definition) is 2. The highest BCUT2D eigenvalue weighted by Crippen LogP contribution is 2.36. The zero-order chi connectivity index (χ0) is 12.1. The zero-order valence-electron chi connectivity index (χ0n) is 11.4. The molecule has 1 aliphatic heterocycles. The van der Waals surface area contributed by atoms with Gasteiger partial charge in [-0.3, -0.25) is 4.99 Å². The number of rotatable bonds is 5. The van der Waals surface area contributed by atoms with Gasteiger partial charge in [-0.25, -0.2) is 0 Å². The van der Waals surface area contributed by atoms with Crippen LogP contribution in [0.1, 0.15) is 26.7 Å². The van der Waals surface area contributed by atoms with Crippen molar-refractivity contribution in [3.63, 3.8) is 0 Å². The molecule has 0 aromatic rings. The molecule has 3 unspecified atom stereocenters. The lowest BCUT2D eigenvalue weighted by Gasteiger charge is -2.12. The van der Waals surface area contributed by atoms with Crippen LogP contribution in [0.25, 0.3) is 0 Å². The molecule has 106 valence electrons. The number of aliphatic imine (C=N–C) groups is 1. The highest BCUT2D eigenvalue weighted by Gasteiger charge is 2.32. The standard InChI is InChI=1S/C13H25N3O.HI/c1-3-14-13(16-8-12-6-10(12)2)15-7-11-4-5-17-9-11;/h10-12H,3-9H2,1-2H3,(H2,14,15,16);1H. The van der Waals surface area contributed by atoms with Gasteiger partial charge in [0, 0.05) is 32.2 Å². The van der Waals surface area contributed by atoms with E-state index in [9.17, 15) is 0 Å². The quantitative estimate of drug-likeness (QED) is 0.443. The van der Waals surface area contributed by atoms with Gasteiger partial charge in [-0.1, -0.05) is 6.92 Å². The molecular weight excluding hydrogens is 341 g/mol. The lowest BCUT2D eigenvalue weighted by Crippen LogP contribution is -2.38. The Morgan fingerprint density at radius 3 is 2.72 bits per heavy atom. The Labute approximate surface area is 127 Å². The molecule has 1 aliphatic carbocycles. The van der Waals surface area contributed by atoms with E-state index in [4.69, 9.17) is 4.74 Å². The van der Waals surface area contributed by atoms with E-state index in [1.165, 1.54) is 6.42 Å². The smallest absolute Gasteiger partial charge is 0.191 e. The summed E-state index contributed by atoms with van der Waals surface area (Å²) < 4.78 is 5.36. The number of nitrogens with zero attached hydrogens (tertiary/aromatic N) is 1. The van der Waals surface area contributed by atoms with E-state index < -0.39 is 0 Å². The molecule has 2 rings (SSSR count). The van der Waals surface area contributed by atoms with E-state index in [1.54, 1.807) is 0 Å². The lowest BCUT2D eigenvalue weighted by molar-refractivity contribution is 0.187. The summed E-state index contributed by atoms with van der Waals surface area (Å²) in [7, 11) is 0. The van der Waals surface area contributed by atoms with E-state index in [2.05, 4.69) is 29.5 Å². The molecule has 0 spiro atoms. The number of ether oxygens (including phenoxy) is 1. The van der Waals surface area contributed by atoms with Crippen molar-refractivity contribution < 1.29 is 4.74 Å². The molecule has 2 fully saturated rings. The van der Waals surface area contributed by atoms with Gasteiger partial charge in [0.25, 0.3) is 0 Å². The summed E-state index contributed by atoms with van der Waals surface area (Å²) in [5, 5.41) is 6.74. The number of guanidine groups is 1. The van der Waals surface area contributed by atoms with Crippen LogP contribution in [-0.4, -0.2) is 38.8 Å². The van der Waals surface area contributed by atoms with Crippen LogP contribution in [0.5, 0.6) is 0 Å². The Balaban J connectivity index is 0.00000162. The predicted octanol–water partition coefficient (Wildman–Crippen LogP) is 1.85. The first kappa shape index (κ1) is 16.0. The van der Waals surface area contributed by atoms with Gasteiger partial charge in [0.15, 0.2) is 5.96 Å². The first-order valence-corrected chi connectivity index (χ1v) is 6.89. The third kappa shape index (κ3) is 5.30. The van der Waals surface area contributed by atoms with Crippen LogP contribution >= 0.6 is 24.0 Å². The van der Waals surface area contributed by atoms with Gasteiger partial charge >= 0.3 is 0 Å². The fraction of sp³-hybridized carbons (Fsp3) is 0.923. The lowest BCUT2D eigenvalue weighted by atomic mass is 10.1. The fourth-order valence-corrected chi connectivity index (χ4v) is 2.20. The van der Waals surface area contributed by atoms with Gasteiger partial charge in [0.05, 0.1) is 6.61 Å². The van der Waals surface area contributed by atoms with Crippen LogP contribution in [0, 0.1) is 17.8 Å². The Morgan fingerprint density at radius 1 is 1.39 bits per heavy atom. The summed E-state index contributed by atoms with van der Waals surface area (Å²) in [6.07, 6.45) is 2.52. The van der Waals surface area contributed by atoms with Crippen molar-refractivity contribution in [3.05, 3.63) is 0 Å². The van der Waals surface area contributed by atoms with E-state index in [0.717, 1.165) is 57.1 Å². The van der Waals surface area contributed by atoms with Gasteiger partial charge in [0.2, 0.25) is 0 Å². The van der Waals surface area contributed by atoms with Gasteiger partial charge in [-0.05, 0) is 31.6 Å². The summed E-state index contributed by atoms with van der Waals surface area (Å²) in [5.74, 6) is 3.34. The minimum atomic E-state index is 0. The topological polar surface area (TPSA) is 45.7 Å². The highest BCUT2D eigenvalue weighted by molar-refractivity contribution is 14.0. The average molecular weight is 367 g/mol. The van der Waals surface area contributed by atoms with Crippen molar-refractivity contribution in [1.29, 1.82) is 0 Å². The Hall–Kier alpha value is -0.0400. The van der Waals surface area contributed by atoms with Gasteiger partial charge in [-0.2, -0.15) is 0 Å². The Morgan fingerprint density at radius 2 is 2.17 bits per heavy atom. The second-order valence-electron chi connectivity index (χ2n) is 5.30. The van der Waals surface area contributed by atoms with Crippen molar-refractivity contribution in [3.8, 4) is 0 Å². The molecule has 3 atom stereocenters. The summed E-state index contributed by atoms with van der Waals surface area (Å²) in [5.41, 5.74) is 0. The number of halogens is 1. The molecule has 0 aromatic carbocycles. The SMILES string of the molecule is CCNC(=NCC1CCOC1)NCC1CC1C.I. The molecule has 2 aliphatic rings. The van der Waals surface area contributed by atoms with Crippen molar-refractivity contribution in [2.45, 2.75) is 26.7 Å². The van der Waals surface area contributed by atoms with Gasteiger partial charge in [0.1, 0.15) is 0 Å². The minimum Gasteiger partial charge on any atom is -0.381 e. The van der Waals surface area contributed by atoms with E-state index in [0.29, 0.717) is 5.92 Å². The molecular formula is C13H26IN3O. The Bertz CT molecular complexity index is 267. The largest absolute Gasteiger partial charge is 0.381 e. The first-order valence-electron chi connectivity index (χ1n) is 6.89. The molecule has 5 heteroatoms. The van der Waals surface area contributed by atoms with Crippen molar-refractivity contribution in [1.82, 2.24) is 10.6 Å². The van der Waals surface area contributed by atoms with Gasteiger partial charge < -0.3 is 15.4 Å². The molecule has 0 aromatic heterocycles. The molecule has 0 amide bonds. The van der Waals surface area contributed by atoms with E-state index >= 15 is 0 Å². The maximum absolute atomic E-state index is 5.36. The van der Waals surface area contributed by atoms with E-state index in [1.807, 2.05) is 0 Å².